The number of ketones is 1. The molecule has 2 aliphatic heterocycles. The lowest BCUT2D eigenvalue weighted by Gasteiger charge is -2.35. The van der Waals surface area contributed by atoms with Gasteiger partial charge in [0.2, 0.25) is 0 Å². The molecular formula is C25H22O5. The molecule has 0 N–H and O–H groups in total. The second-order valence-electron chi connectivity index (χ2n) is 8.51. The first-order chi connectivity index (χ1) is 14.3. The Hall–Kier alpha value is -3.34. The molecule has 5 nitrogen and oxygen atoms in total. The van der Waals surface area contributed by atoms with E-state index in [0.717, 1.165) is 5.56 Å². The van der Waals surface area contributed by atoms with Gasteiger partial charge in [-0.15, -0.1) is 0 Å². The lowest BCUT2D eigenvalue weighted by Crippen LogP contribution is -2.36. The van der Waals surface area contributed by atoms with E-state index in [1.807, 2.05) is 70.2 Å². The number of rotatable bonds is 1. The maximum Gasteiger partial charge on any atom is 0.336 e. The highest BCUT2D eigenvalue weighted by molar-refractivity contribution is 6.14. The van der Waals surface area contributed by atoms with Crippen molar-refractivity contribution in [3.05, 3.63) is 64.0 Å². The molecule has 0 amide bonds. The summed E-state index contributed by atoms with van der Waals surface area (Å²) in [5.41, 5.74) is 1.85. The quantitative estimate of drug-likeness (QED) is 0.521. The summed E-state index contributed by atoms with van der Waals surface area (Å²) in [5, 5.41) is 0.620. The molecule has 2 aromatic carbocycles. The van der Waals surface area contributed by atoms with Crippen LogP contribution in [0.4, 0.5) is 0 Å². The summed E-state index contributed by atoms with van der Waals surface area (Å²) >= 11 is 0. The van der Waals surface area contributed by atoms with Gasteiger partial charge < -0.3 is 13.9 Å². The molecule has 2 atom stereocenters. The van der Waals surface area contributed by atoms with E-state index in [2.05, 4.69) is 0 Å². The third-order valence-electron chi connectivity index (χ3n) is 5.90. The Bertz CT molecular complexity index is 1280. The zero-order valence-corrected chi connectivity index (χ0v) is 17.3. The van der Waals surface area contributed by atoms with Crippen molar-refractivity contribution in [1.82, 2.24) is 0 Å². The van der Waals surface area contributed by atoms with E-state index >= 15 is 0 Å². The molecule has 0 bridgehead atoms. The maximum atomic E-state index is 13.4. The molecule has 5 heteroatoms. The van der Waals surface area contributed by atoms with Gasteiger partial charge in [0.1, 0.15) is 28.8 Å². The number of ether oxygens (including phenoxy) is 2. The average Bonchev–Trinajstić information content (AvgIpc) is 2.71. The minimum atomic E-state index is -0.599. The molecule has 5 rings (SSSR count). The van der Waals surface area contributed by atoms with Crippen LogP contribution in [-0.4, -0.2) is 17.5 Å². The van der Waals surface area contributed by atoms with Crippen LogP contribution in [0.5, 0.6) is 11.5 Å². The van der Waals surface area contributed by atoms with Gasteiger partial charge in [0.15, 0.2) is 11.4 Å². The second-order valence-corrected chi connectivity index (χ2v) is 8.51. The van der Waals surface area contributed by atoms with Crippen molar-refractivity contribution in [1.29, 1.82) is 0 Å². The maximum absolute atomic E-state index is 13.4. The Morgan fingerprint density at radius 2 is 1.73 bits per heavy atom. The summed E-state index contributed by atoms with van der Waals surface area (Å²) in [4.78, 5) is 25.9. The molecule has 0 fully saturated rings. The lowest BCUT2D eigenvalue weighted by atomic mass is 9.85. The predicted octanol–water partition coefficient (Wildman–Crippen LogP) is 5.24. The molecule has 3 heterocycles. The van der Waals surface area contributed by atoms with Crippen LogP contribution in [-0.2, 0) is 0 Å². The highest BCUT2D eigenvalue weighted by Gasteiger charge is 2.40. The van der Waals surface area contributed by atoms with Crippen LogP contribution in [0.3, 0.4) is 0 Å². The van der Waals surface area contributed by atoms with Gasteiger partial charge in [-0.05, 0) is 38.5 Å². The van der Waals surface area contributed by atoms with Crippen LogP contribution >= 0.6 is 0 Å². The van der Waals surface area contributed by atoms with Crippen molar-refractivity contribution in [3.63, 3.8) is 0 Å². The van der Waals surface area contributed by atoms with Crippen LogP contribution < -0.4 is 15.1 Å². The fourth-order valence-electron chi connectivity index (χ4n) is 4.13. The van der Waals surface area contributed by atoms with E-state index < -0.39 is 11.2 Å². The van der Waals surface area contributed by atoms with E-state index in [4.69, 9.17) is 13.9 Å². The van der Waals surface area contributed by atoms with Crippen LogP contribution in [0.2, 0.25) is 0 Å². The van der Waals surface area contributed by atoms with Crippen molar-refractivity contribution in [2.24, 2.45) is 5.92 Å². The van der Waals surface area contributed by atoms with Crippen LogP contribution in [0.1, 0.15) is 43.6 Å². The average molecular weight is 402 g/mol. The molecule has 2 aliphatic rings. The first kappa shape index (κ1) is 18.7. The number of fused-ring (bicyclic) bond motifs is 6. The van der Waals surface area contributed by atoms with Crippen molar-refractivity contribution in [3.8, 4) is 22.6 Å². The van der Waals surface area contributed by atoms with Crippen LogP contribution in [0.15, 0.2) is 51.7 Å². The molecule has 0 unspecified atom stereocenters. The topological polar surface area (TPSA) is 65.7 Å². The van der Waals surface area contributed by atoms with E-state index in [9.17, 15) is 9.59 Å². The van der Waals surface area contributed by atoms with E-state index in [0.29, 0.717) is 39.2 Å². The third-order valence-corrected chi connectivity index (χ3v) is 5.90. The largest absolute Gasteiger partial charge is 0.488 e. The molecular weight excluding hydrogens is 380 g/mol. The van der Waals surface area contributed by atoms with Crippen LogP contribution in [0.25, 0.3) is 28.2 Å². The number of hydrogen-bond donors (Lipinski definition) is 0. The number of Topliss-reactive ketones (excluding diaryl/α,β-unsaturated/α-hetero) is 1. The monoisotopic (exact) mass is 402 g/mol. The summed E-state index contributed by atoms with van der Waals surface area (Å²) in [6, 6.07) is 11.0. The van der Waals surface area contributed by atoms with E-state index in [-0.39, 0.29) is 17.8 Å². The summed E-state index contributed by atoms with van der Waals surface area (Å²) in [6.07, 6.45) is 3.46. The minimum absolute atomic E-state index is 0.0294. The van der Waals surface area contributed by atoms with Gasteiger partial charge in [-0.25, -0.2) is 4.79 Å². The van der Waals surface area contributed by atoms with Crippen molar-refractivity contribution < 1.29 is 18.7 Å². The van der Waals surface area contributed by atoms with Gasteiger partial charge in [-0.1, -0.05) is 37.3 Å². The van der Waals surface area contributed by atoms with Gasteiger partial charge in [-0.2, -0.15) is 0 Å². The fourth-order valence-corrected chi connectivity index (χ4v) is 4.13. The zero-order valence-electron chi connectivity index (χ0n) is 17.3. The van der Waals surface area contributed by atoms with E-state index in [1.165, 1.54) is 6.07 Å². The lowest BCUT2D eigenvalue weighted by molar-refractivity contribution is 0.0715. The number of hydrogen-bond acceptors (Lipinski definition) is 5. The first-order valence-electron chi connectivity index (χ1n) is 10.1. The standard InChI is InChI=1S/C25H22O5/c1-13-14(2)28-24-19-17(15-8-6-5-7-9-15)12-18(26)29-22(19)16-10-11-25(3,4)30-23(16)20(24)21(13)27/h5-14H,1-4H3/t13-,14+/m1/s1. The summed E-state index contributed by atoms with van der Waals surface area (Å²) in [5.74, 6) is 0.501. The minimum Gasteiger partial charge on any atom is -0.488 e. The van der Waals surface area contributed by atoms with Crippen molar-refractivity contribution >= 4 is 22.8 Å². The van der Waals surface area contributed by atoms with Gasteiger partial charge in [-0.3, -0.25) is 4.79 Å². The summed E-state index contributed by atoms with van der Waals surface area (Å²) in [6.45, 7) is 7.57. The highest BCUT2D eigenvalue weighted by Crippen LogP contribution is 2.50. The van der Waals surface area contributed by atoms with Crippen molar-refractivity contribution in [2.45, 2.75) is 39.4 Å². The molecule has 0 aliphatic carbocycles. The Kier molecular flexibility index (Phi) is 3.94. The van der Waals surface area contributed by atoms with Gasteiger partial charge in [0.25, 0.3) is 0 Å². The van der Waals surface area contributed by atoms with Crippen LogP contribution in [0, 0.1) is 5.92 Å². The Labute approximate surface area is 173 Å². The number of benzene rings is 2. The molecule has 0 radical (unpaired) electrons. The van der Waals surface area contributed by atoms with Gasteiger partial charge in [0, 0.05) is 11.6 Å². The number of carbonyl (C=O) groups excluding carboxylic acids is 1. The molecule has 1 aromatic heterocycles. The third kappa shape index (κ3) is 2.69. The normalized spacial score (nSPS) is 21.5. The molecule has 30 heavy (non-hydrogen) atoms. The summed E-state index contributed by atoms with van der Waals surface area (Å²) < 4.78 is 18.2. The predicted molar refractivity (Wildman–Crippen MR) is 115 cm³/mol. The Morgan fingerprint density at radius 3 is 2.47 bits per heavy atom. The molecule has 0 spiro atoms. The van der Waals surface area contributed by atoms with E-state index in [1.54, 1.807) is 0 Å². The van der Waals surface area contributed by atoms with Gasteiger partial charge in [0.05, 0.1) is 16.9 Å². The molecule has 0 saturated heterocycles. The molecule has 152 valence electrons. The van der Waals surface area contributed by atoms with Gasteiger partial charge >= 0.3 is 5.63 Å². The SMILES string of the molecule is C[C@@H]1Oc2c(c3c(c4oc(=O)cc(-c5ccccc5)c24)C=CC(C)(C)O3)C(=O)[C@@H]1C. The van der Waals surface area contributed by atoms with Crippen molar-refractivity contribution in [2.75, 3.05) is 0 Å². The molecule has 3 aromatic rings. The smallest absolute Gasteiger partial charge is 0.336 e. The Morgan fingerprint density at radius 1 is 1.00 bits per heavy atom. The first-order valence-corrected chi connectivity index (χ1v) is 10.1. The second kappa shape index (κ2) is 6.33. The Balaban J connectivity index is 1.98. The fraction of sp³-hybridized carbons (Fsp3) is 0.280. The zero-order chi connectivity index (χ0) is 21.2. The summed E-state index contributed by atoms with van der Waals surface area (Å²) in [7, 11) is 0. The number of carbonyl (C=O) groups is 1. The molecule has 0 saturated carbocycles. The highest BCUT2D eigenvalue weighted by atomic mass is 16.5.